The first-order valence-corrected chi connectivity index (χ1v) is 22.2. The van der Waals surface area contributed by atoms with Crippen LogP contribution in [0, 0.1) is 5.41 Å². The maximum absolute atomic E-state index is 13.4. The second-order valence-corrected chi connectivity index (χ2v) is 16.3. The number of aromatic nitrogens is 6. The number of hydrogen-bond donors (Lipinski definition) is 6. The molecule has 2 aliphatic rings. The fraction of sp³-hybridized carbons (Fsp3) is 0.455. The van der Waals surface area contributed by atoms with E-state index in [0.717, 1.165) is 0 Å². The number of phenolic OH excluding ortho intramolecular Hbond substituents is 2. The highest BCUT2D eigenvalue weighted by Gasteiger charge is 2.53. The number of benzene rings is 3. The van der Waals surface area contributed by atoms with Crippen molar-refractivity contribution >= 4 is 29.0 Å². The number of hydrogen-bond acceptors (Lipinski definition) is 17. The predicted octanol–water partition coefficient (Wildman–Crippen LogP) is 3.75. The average molecular weight is 944 g/mol. The van der Waals surface area contributed by atoms with Crippen molar-refractivity contribution in [2.24, 2.45) is 10.5 Å². The number of phenols is 2. The molecule has 0 bridgehead atoms. The van der Waals surface area contributed by atoms with Gasteiger partial charge in [0, 0.05) is 109 Å². The number of nitrogens with one attached hydrogen (secondary N) is 2. The van der Waals surface area contributed by atoms with Crippen molar-refractivity contribution in [1.82, 2.24) is 35.3 Å². The number of carbonyl (C=O) groups excluding carboxylic acids is 1. The van der Waals surface area contributed by atoms with Crippen LogP contribution in [0.4, 0.5) is 5.69 Å². The third-order valence-corrected chi connectivity index (χ3v) is 11.2. The van der Waals surface area contributed by atoms with Gasteiger partial charge in [-0.15, -0.1) is 10.2 Å². The van der Waals surface area contributed by atoms with E-state index in [1.165, 1.54) is 24.3 Å². The Morgan fingerprint density at radius 3 is 1.91 bits per heavy atom. The van der Waals surface area contributed by atoms with Gasteiger partial charge in [0.1, 0.15) is 23.0 Å². The molecule has 0 atom stereocenters. The van der Waals surface area contributed by atoms with E-state index in [4.69, 9.17) is 40.6 Å². The van der Waals surface area contributed by atoms with Crippen molar-refractivity contribution in [1.29, 1.82) is 0 Å². The number of aryl methyl sites for hydroxylation is 2. The second-order valence-electron chi connectivity index (χ2n) is 15.9. The molecule has 356 valence electrons. The van der Waals surface area contributed by atoms with Crippen molar-refractivity contribution < 1.29 is 53.6 Å². The predicted molar refractivity (Wildman–Crippen MR) is 243 cm³/mol. The van der Waals surface area contributed by atoms with Gasteiger partial charge < -0.3 is 59.5 Å². The van der Waals surface area contributed by atoms with E-state index in [9.17, 15) is 30.8 Å². The monoisotopic (exact) mass is 943 g/mol. The number of thiocarbonyl (C=S) groups is 1. The van der Waals surface area contributed by atoms with Crippen molar-refractivity contribution in [2.45, 2.75) is 44.4 Å². The lowest BCUT2D eigenvalue weighted by Gasteiger charge is -2.36. The summed E-state index contributed by atoms with van der Waals surface area (Å²) in [5.41, 5.74) is 11.1. The highest BCUT2D eigenvalue weighted by molar-refractivity contribution is 7.80. The number of ether oxygens (including phenoxy) is 6. The minimum absolute atomic E-state index is 0.0240. The molecule has 67 heavy (non-hydrogen) atoms. The number of anilines is 1. The number of aliphatic hydroxyl groups excluding tert-OH is 2. The van der Waals surface area contributed by atoms with Crippen molar-refractivity contribution in [3.05, 3.63) is 111 Å². The van der Waals surface area contributed by atoms with Gasteiger partial charge in [0.15, 0.2) is 10.7 Å². The second kappa shape index (κ2) is 23.3. The van der Waals surface area contributed by atoms with E-state index < -0.39 is 17.0 Å². The molecule has 0 amide bonds. The normalized spacial score (nSPS) is 13.3. The van der Waals surface area contributed by atoms with E-state index in [-0.39, 0.29) is 44.5 Å². The molecular weight excluding hydrogens is 891 g/mol. The zero-order valence-corrected chi connectivity index (χ0v) is 37.5. The number of carbonyl (C=O) groups is 1. The summed E-state index contributed by atoms with van der Waals surface area (Å²) in [6, 6.07) is 14.4. The van der Waals surface area contributed by atoms with E-state index in [2.05, 4.69) is 41.3 Å². The summed E-state index contributed by atoms with van der Waals surface area (Å²) in [4.78, 5) is 16.4. The van der Waals surface area contributed by atoms with Gasteiger partial charge in [-0.1, -0.05) is 21.6 Å². The molecule has 0 unspecified atom stereocenters. The van der Waals surface area contributed by atoms with E-state index >= 15 is 0 Å². The highest BCUT2D eigenvalue weighted by atomic mass is 32.1. The van der Waals surface area contributed by atoms with E-state index in [1.807, 2.05) is 12.4 Å². The number of esters is 1. The number of rotatable bonds is 27. The number of aromatic hydroxyl groups is 2. The lowest BCUT2D eigenvalue weighted by atomic mass is 9.77. The Hall–Kier alpha value is -6.43. The fourth-order valence-electron chi connectivity index (χ4n) is 7.94. The summed E-state index contributed by atoms with van der Waals surface area (Å²) in [7, 11) is 0. The minimum Gasteiger partial charge on any atom is -0.508 e. The number of fused-ring (bicyclic) bond motifs is 6. The number of aliphatic hydroxyl groups is 2. The van der Waals surface area contributed by atoms with Crippen LogP contribution in [0.5, 0.6) is 23.0 Å². The van der Waals surface area contributed by atoms with Gasteiger partial charge in [-0.25, -0.2) is 4.79 Å². The molecule has 6 N–H and O–H groups in total. The highest BCUT2D eigenvalue weighted by Crippen LogP contribution is 2.57. The summed E-state index contributed by atoms with van der Waals surface area (Å²) in [5.74, 6) is -0.00345. The molecule has 0 radical (unpaired) electrons. The topological polar surface area (TPSA) is 288 Å². The van der Waals surface area contributed by atoms with Crippen molar-refractivity contribution in [3.63, 3.8) is 0 Å². The molecule has 5 aromatic rings. The molecular formula is C44H53N11O11S. The van der Waals surface area contributed by atoms with Gasteiger partial charge in [0.2, 0.25) is 0 Å². The largest absolute Gasteiger partial charge is 0.508 e. The summed E-state index contributed by atoms with van der Waals surface area (Å²) >= 11 is 5.49. The summed E-state index contributed by atoms with van der Waals surface area (Å²) < 4.78 is 38.6. The smallest absolute Gasteiger partial charge is 0.340 e. The van der Waals surface area contributed by atoms with Gasteiger partial charge in [-0.3, -0.25) is 9.36 Å². The first-order valence-electron chi connectivity index (χ1n) is 21.7. The standard InChI is InChI=1S/C44H53N11O11S/c45-51-47-28-43(24-31-26-54(52-49-31)10-1-12-56,25-32-27-55(53-50-32)11-2-13-57)29-64-20-19-63-18-17-62-16-15-61-14-9-46-42(67)48-30-3-6-36-35(21-30)41(60)66-44(36)37-7-4-33(58)22-39(37)65-40-23-34(59)5-8-38(40)44/h3-8,21-23,26-27,56-59H,1-2,9-20,24-25,28-29H2,(H2,46,48,67). The number of azide groups is 1. The minimum atomic E-state index is -1.36. The van der Waals surface area contributed by atoms with Crippen LogP contribution in [0.25, 0.3) is 10.4 Å². The van der Waals surface area contributed by atoms with Crippen LogP contribution in [0.2, 0.25) is 0 Å². The molecule has 0 saturated carbocycles. The molecule has 7 rings (SSSR count). The zero-order chi connectivity index (χ0) is 47.1. The SMILES string of the molecule is [N-]=[N+]=NCC(COCCOCCOCCOCCNC(=S)Nc1ccc2c(c1)C(=O)OC21c2ccc(O)cc2Oc2cc(O)ccc21)(Cc1cn(CCCO)nn1)Cc1cn(CCCO)nn1. The fourth-order valence-corrected chi connectivity index (χ4v) is 8.16. The lowest BCUT2D eigenvalue weighted by Crippen LogP contribution is -2.36. The Labute approximate surface area is 390 Å². The van der Waals surface area contributed by atoms with Gasteiger partial charge in [0.05, 0.1) is 69.8 Å². The molecule has 4 heterocycles. The van der Waals surface area contributed by atoms with Crippen molar-refractivity contribution in [2.75, 3.05) is 84.5 Å². The molecule has 0 saturated heterocycles. The van der Waals surface area contributed by atoms with Gasteiger partial charge in [-0.05, 0) is 67.0 Å². The Bertz CT molecular complexity index is 2410. The van der Waals surface area contributed by atoms with E-state index in [0.29, 0.717) is 141 Å². The number of nitrogens with zero attached hydrogens (tertiary/aromatic N) is 9. The molecule has 2 aromatic heterocycles. The van der Waals surface area contributed by atoms with Crippen LogP contribution in [-0.2, 0) is 55.2 Å². The third-order valence-electron chi connectivity index (χ3n) is 10.9. The molecule has 2 aliphatic heterocycles. The lowest BCUT2D eigenvalue weighted by molar-refractivity contribution is -0.0163. The van der Waals surface area contributed by atoms with Gasteiger partial charge in [-0.2, -0.15) is 0 Å². The van der Waals surface area contributed by atoms with Gasteiger partial charge in [0.25, 0.3) is 0 Å². The molecule has 0 fully saturated rings. The Kier molecular flexibility index (Phi) is 16.9. The maximum Gasteiger partial charge on any atom is 0.340 e. The first kappa shape index (κ1) is 48.5. The Morgan fingerprint density at radius 1 is 0.791 bits per heavy atom. The summed E-state index contributed by atoms with van der Waals surface area (Å²) in [6.45, 7) is 4.17. The quantitative estimate of drug-likeness (QED) is 0.0109. The van der Waals surface area contributed by atoms with Crippen LogP contribution in [-0.4, -0.2) is 141 Å². The van der Waals surface area contributed by atoms with Crippen LogP contribution < -0.4 is 15.4 Å². The summed E-state index contributed by atoms with van der Waals surface area (Å²) in [6.07, 6.45) is 5.46. The summed E-state index contributed by atoms with van der Waals surface area (Å²) in [5, 5.41) is 66.2. The molecule has 1 spiro atoms. The molecule has 3 aromatic carbocycles. The van der Waals surface area contributed by atoms with E-state index in [1.54, 1.807) is 39.7 Å². The Morgan fingerprint density at radius 2 is 1.34 bits per heavy atom. The van der Waals surface area contributed by atoms with Crippen LogP contribution in [0.1, 0.15) is 51.3 Å². The van der Waals surface area contributed by atoms with Crippen LogP contribution >= 0.6 is 12.2 Å². The molecule has 22 nitrogen and oxygen atoms in total. The van der Waals surface area contributed by atoms with Crippen LogP contribution in [0.15, 0.2) is 72.1 Å². The third kappa shape index (κ3) is 12.3. The average Bonchev–Trinajstić information content (AvgIpc) is 4.04. The molecule has 0 aliphatic carbocycles. The Balaban J connectivity index is 0.795. The zero-order valence-electron chi connectivity index (χ0n) is 36.7. The first-order chi connectivity index (χ1) is 32.6. The van der Waals surface area contributed by atoms with Crippen LogP contribution in [0.3, 0.4) is 0 Å². The molecule has 23 heteroatoms. The van der Waals surface area contributed by atoms with Gasteiger partial charge >= 0.3 is 5.97 Å². The maximum atomic E-state index is 13.4. The van der Waals surface area contributed by atoms with Crippen molar-refractivity contribution in [3.8, 4) is 23.0 Å².